The van der Waals surface area contributed by atoms with Gasteiger partial charge in [0.25, 0.3) is 0 Å². The molecule has 0 unspecified atom stereocenters. The number of likely N-dealkylation sites (tertiary alicyclic amines) is 1. The minimum atomic E-state index is 0.216. The molecular weight excluding hydrogens is 306 g/mol. The SMILES string of the molecule is CCN1CC[C@H]1COc1cncc(-n2cc(CCCCO)nn2)c1. The van der Waals surface area contributed by atoms with E-state index in [1.54, 1.807) is 17.1 Å². The number of hydrogen-bond acceptors (Lipinski definition) is 6. The summed E-state index contributed by atoms with van der Waals surface area (Å²) in [5, 5.41) is 17.2. The quantitative estimate of drug-likeness (QED) is 0.701. The molecule has 1 aliphatic rings. The summed E-state index contributed by atoms with van der Waals surface area (Å²) >= 11 is 0. The van der Waals surface area contributed by atoms with Gasteiger partial charge in [0.1, 0.15) is 12.4 Å². The summed E-state index contributed by atoms with van der Waals surface area (Å²) in [7, 11) is 0. The Bertz CT molecular complexity index is 643. The van der Waals surface area contributed by atoms with Crippen LogP contribution in [-0.4, -0.2) is 62.3 Å². The van der Waals surface area contributed by atoms with Gasteiger partial charge in [-0.25, -0.2) is 4.68 Å². The lowest BCUT2D eigenvalue weighted by Gasteiger charge is -2.39. The average molecular weight is 331 g/mol. The van der Waals surface area contributed by atoms with E-state index in [-0.39, 0.29) is 6.61 Å². The van der Waals surface area contributed by atoms with Crippen LogP contribution in [0.5, 0.6) is 5.75 Å². The zero-order valence-corrected chi connectivity index (χ0v) is 14.1. The molecule has 130 valence electrons. The Balaban J connectivity index is 1.58. The van der Waals surface area contributed by atoms with Crippen molar-refractivity contribution in [3.05, 3.63) is 30.4 Å². The molecule has 2 aromatic rings. The molecule has 0 aliphatic carbocycles. The van der Waals surface area contributed by atoms with Gasteiger partial charge < -0.3 is 9.84 Å². The van der Waals surface area contributed by atoms with Crippen molar-refractivity contribution in [2.75, 3.05) is 26.3 Å². The van der Waals surface area contributed by atoms with Gasteiger partial charge in [-0.2, -0.15) is 0 Å². The first-order valence-electron chi connectivity index (χ1n) is 8.64. The van der Waals surface area contributed by atoms with E-state index in [0.717, 1.165) is 42.9 Å². The molecule has 0 aromatic carbocycles. The number of aliphatic hydroxyl groups excluding tert-OH is 1. The highest BCUT2D eigenvalue weighted by Crippen LogP contribution is 2.20. The Kier molecular flexibility index (Phi) is 5.77. The number of aryl methyl sites for hydroxylation is 1. The Labute approximate surface area is 142 Å². The highest BCUT2D eigenvalue weighted by Gasteiger charge is 2.26. The number of pyridine rings is 1. The third-order valence-electron chi connectivity index (χ3n) is 4.46. The third-order valence-corrected chi connectivity index (χ3v) is 4.46. The van der Waals surface area contributed by atoms with E-state index in [1.165, 1.54) is 13.0 Å². The average Bonchev–Trinajstić information content (AvgIpc) is 3.04. The second-order valence-electron chi connectivity index (χ2n) is 6.10. The maximum absolute atomic E-state index is 8.84. The molecule has 1 fully saturated rings. The first kappa shape index (κ1) is 16.9. The van der Waals surface area contributed by atoms with Crippen molar-refractivity contribution >= 4 is 0 Å². The molecule has 1 N–H and O–H groups in total. The van der Waals surface area contributed by atoms with E-state index >= 15 is 0 Å². The van der Waals surface area contributed by atoms with Gasteiger partial charge in [-0.3, -0.25) is 9.88 Å². The van der Waals surface area contributed by atoms with E-state index in [0.29, 0.717) is 12.6 Å². The van der Waals surface area contributed by atoms with Crippen LogP contribution in [0.4, 0.5) is 0 Å². The van der Waals surface area contributed by atoms with Crippen molar-refractivity contribution in [2.24, 2.45) is 0 Å². The number of rotatable bonds is 9. The summed E-state index contributed by atoms with van der Waals surface area (Å²) in [5.41, 5.74) is 1.76. The summed E-state index contributed by atoms with van der Waals surface area (Å²) in [6, 6.07) is 2.46. The van der Waals surface area contributed by atoms with Crippen LogP contribution in [0.1, 0.15) is 31.9 Å². The number of hydrogen-bond donors (Lipinski definition) is 1. The molecule has 2 aromatic heterocycles. The zero-order valence-electron chi connectivity index (χ0n) is 14.1. The van der Waals surface area contributed by atoms with E-state index in [9.17, 15) is 0 Å². The van der Waals surface area contributed by atoms with Crippen LogP contribution in [-0.2, 0) is 6.42 Å². The van der Waals surface area contributed by atoms with Gasteiger partial charge in [0.15, 0.2) is 0 Å². The van der Waals surface area contributed by atoms with Crippen molar-refractivity contribution in [3.8, 4) is 11.4 Å². The smallest absolute Gasteiger partial charge is 0.139 e. The molecule has 3 heterocycles. The van der Waals surface area contributed by atoms with Crippen LogP contribution < -0.4 is 4.74 Å². The van der Waals surface area contributed by atoms with Crippen molar-refractivity contribution in [1.82, 2.24) is 24.9 Å². The van der Waals surface area contributed by atoms with E-state index in [2.05, 4.69) is 27.1 Å². The summed E-state index contributed by atoms with van der Waals surface area (Å²) < 4.78 is 7.62. The third kappa shape index (κ3) is 4.10. The molecule has 3 rings (SSSR count). The summed E-state index contributed by atoms with van der Waals surface area (Å²) in [5.74, 6) is 0.757. The molecule has 0 radical (unpaired) electrons. The second-order valence-corrected chi connectivity index (χ2v) is 6.10. The molecule has 1 atom stereocenters. The zero-order chi connectivity index (χ0) is 16.8. The minimum Gasteiger partial charge on any atom is -0.490 e. The Morgan fingerprint density at radius 2 is 2.25 bits per heavy atom. The second kappa shape index (κ2) is 8.21. The Morgan fingerprint density at radius 1 is 1.33 bits per heavy atom. The predicted octanol–water partition coefficient (Wildman–Crippen LogP) is 1.45. The predicted molar refractivity (Wildman–Crippen MR) is 90.3 cm³/mol. The molecule has 0 amide bonds. The summed E-state index contributed by atoms with van der Waals surface area (Å²) in [4.78, 5) is 6.66. The van der Waals surface area contributed by atoms with Gasteiger partial charge in [-0.1, -0.05) is 12.1 Å². The fourth-order valence-electron chi connectivity index (χ4n) is 2.86. The molecule has 1 saturated heterocycles. The number of unbranched alkanes of at least 4 members (excludes halogenated alkanes) is 1. The summed E-state index contributed by atoms with van der Waals surface area (Å²) in [6.45, 7) is 5.33. The molecule has 24 heavy (non-hydrogen) atoms. The monoisotopic (exact) mass is 331 g/mol. The number of aliphatic hydroxyl groups is 1. The van der Waals surface area contributed by atoms with Crippen LogP contribution in [0, 0.1) is 0 Å². The van der Waals surface area contributed by atoms with Crippen molar-refractivity contribution in [1.29, 1.82) is 0 Å². The maximum Gasteiger partial charge on any atom is 0.139 e. The fraction of sp³-hybridized carbons (Fsp3) is 0.588. The van der Waals surface area contributed by atoms with E-state index in [1.807, 2.05) is 12.3 Å². The fourth-order valence-corrected chi connectivity index (χ4v) is 2.86. The van der Waals surface area contributed by atoms with Crippen molar-refractivity contribution < 1.29 is 9.84 Å². The molecule has 1 aliphatic heterocycles. The molecule has 0 spiro atoms. The molecule has 7 heteroatoms. The summed E-state index contributed by atoms with van der Waals surface area (Å²) in [6.07, 6.45) is 9.10. The van der Waals surface area contributed by atoms with Gasteiger partial charge in [0, 0.05) is 25.3 Å². The molecule has 7 nitrogen and oxygen atoms in total. The van der Waals surface area contributed by atoms with Gasteiger partial charge in [0.2, 0.25) is 0 Å². The number of ether oxygens (including phenoxy) is 1. The maximum atomic E-state index is 8.84. The number of likely N-dealkylation sites (N-methyl/N-ethyl adjacent to an activating group) is 1. The molecule has 0 saturated carbocycles. The van der Waals surface area contributed by atoms with Gasteiger partial charge in [-0.15, -0.1) is 5.10 Å². The van der Waals surface area contributed by atoms with Crippen LogP contribution in [0.15, 0.2) is 24.7 Å². The first-order valence-corrected chi connectivity index (χ1v) is 8.64. The Hall–Kier alpha value is -1.99. The van der Waals surface area contributed by atoms with Gasteiger partial charge in [0.05, 0.1) is 30.0 Å². The normalized spacial score (nSPS) is 17.7. The van der Waals surface area contributed by atoms with Crippen LogP contribution in [0.3, 0.4) is 0 Å². The molecular formula is C17H25N5O2. The first-order chi connectivity index (χ1) is 11.8. The lowest BCUT2D eigenvalue weighted by atomic mass is 10.0. The van der Waals surface area contributed by atoms with Gasteiger partial charge in [-0.05, 0) is 32.2 Å². The number of aromatic nitrogens is 4. The lowest BCUT2D eigenvalue weighted by molar-refractivity contribution is 0.0560. The topological polar surface area (TPSA) is 76.3 Å². The van der Waals surface area contributed by atoms with Gasteiger partial charge >= 0.3 is 0 Å². The largest absolute Gasteiger partial charge is 0.490 e. The Morgan fingerprint density at radius 3 is 3.00 bits per heavy atom. The van der Waals surface area contributed by atoms with Crippen LogP contribution >= 0.6 is 0 Å². The van der Waals surface area contributed by atoms with Crippen LogP contribution in [0.2, 0.25) is 0 Å². The highest BCUT2D eigenvalue weighted by molar-refractivity contribution is 5.34. The minimum absolute atomic E-state index is 0.216. The van der Waals surface area contributed by atoms with E-state index < -0.39 is 0 Å². The molecule has 0 bridgehead atoms. The van der Waals surface area contributed by atoms with Crippen molar-refractivity contribution in [2.45, 2.75) is 38.6 Å². The van der Waals surface area contributed by atoms with Crippen molar-refractivity contribution in [3.63, 3.8) is 0 Å². The van der Waals surface area contributed by atoms with E-state index in [4.69, 9.17) is 9.84 Å². The standard InChI is InChI=1S/C17H25N5O2/c1-2-21-7-6-15(21)13-24-17-9-16(10-18-11-17)22-12-14(19-20-22)5-3-4-8-23/h9-12,15,23H,2-8,13H2,1H3/t15-/m0/s1. The lowest BCUT2D eigenvalue weighted by Crippen LogP contribution is -2.50. The van der Waals surface area contributed by atoms with Crippen LogP contribution in [0.25, 0.3) is 5.69 Å². The number of nitrogens with zero attached hydrogens (tertiary/aromatic N) is 5. The highest BCUT2D eigenvalue weighted by atomic mass is 16.5.